The van der Waals surface area contributed by atoms with Crippen LogP contribution in [-0.4, -0.2) is 66.4 Å². The predicted octanol–water partition coefficient (Wildman–Crippen LogP) is 3.93. The molecule has 1 aliphatic heterocycles. The predicted molar refractivity (Wildman–Crippen MR) is 132 cm³/mol. The molecule has 0 unspecified atom stereocenters. The van der Waals surface area contributed by atoms with Gasteiger partial charge in [0.1, 0.15) is 18.8 Å². The summed E-state index contributed by atoms with van der Waals surface area (Å²) in [6.45, 7) is 15.0. The Morgan fingerprint density at radius 1 is 0.750 bits per heavy atom. The van der Waals surface area contributed by atoms with E-state index in [4.69, 9.17) is 23.7 Å². The molecule has 1 saturated carbocycles. The molecule has 2 fully saturated rings. The van der Waals surface area contributed by atoms with E-state index in [1.54, 1.807) is 62.3 Å². The van der Waals surface area contributed by atoms with Gasteiger partial charge in [0.25, 0.3) is 0 Å². The zero-order valence-electron chi connectivity index (χ0n) is 23.4. The van der Waals surface area contributed by atoms with Gasteiger partial charge in [-0.15, -0.1) is 0 Å². The first-order valence-corrected chi connectivity index (χ1v) is 13.0. The average molecular weight is 515 g/mol. The SMILES string of the molecule is CC(C)(C)C(=O)OC[C@H]1O[C@H](OC2CCCCC2)[C@H](O)[C@@H](OC(=O)C(C)(C)C)[C@@H]1OC(=O)C(C)(C)C. The van der Waals surface area contributed by atoms with E-state index < -0.39 is 64.9 Å². The van der Waals surface area contributed by atoms with Gasteiger partial charge in [0.05, 0.1) is 22.3 Å². The molecule has 0 aromatic heterocycles. The summed E-state index contributed by atoms with van der Waals surface area (Å²) >= 11 is 0. The van der Waals surface area contributed by atoms with Gasteiger partial charge in [-0.25, -0.2) is 0 Å². The summed E-state index contributed by atoms with van der Waals surface area (Å²) in [5.74, 6) is -1.61. The number of esters is 3. The molecule has 0 aromatic carbocycles. The third kappa shape index (κ3) is 8.42. The monoisotopic (exact) mass is 514 g/mol. The topological polar surface area (TPSA) is 118 Å². The van der Waals surface area contributed by atoms with Gasteiger partial charge in [0.2, 0.25) is 0 Å². The van der Waals surface area contributed by atoms with Crippen LogP contribution in [0.1, 0.15) is 94.4 Å². The molecular formula is C27H46O9. The van der Waals surface area contributed by atoms with Crippen LogP contribution < -0.4 is 0 Å². The molecular weight excluding hydrogens is 468 g/mol. The van der Waals surface area contributed by atoms with Crippen LogP contribution in [0.15, 0.2) is 0 Å². The Morgan fingerprint density at radius 2 is 1.22 bits per heavy atom. The van der Waals surface area contributed by atoms with Crippen molar-refractivity contribution in [1.82, 2.24) is 0 Å². The van der Waals surface area contributed by atoms with Crippen molar-refractivity contribution < 1.29 is 43.2 Å². The molecule has 0 spiro atoms. The number of aliphatic hydroxyl groups excluding tert-OH is 1. The van der Waals surface area contributed by atoms with Crippen LogP contribution in [0.4, 0.5) is 0 Å². The van der Waals surface area contributed by atoms with E-state index in [2.05, 4.69) is 0 Å². The number of rotatable bonds is 6. The van der Waals surface area contributed by atoms with Gasteiger partial charge in [-0.2, -0.15) is 0 Å². The van der Waals surface area contributed by atoms with Gasteiger partial charge in [-0.1, -0.05) is 19.3 Å². The lowest BCUT2D eigenvalue weighted by atomic mass is 9.93. The first kappa shape index (κ1) is 30.5. The number of ether oxygens (including phenoxy) is 5. The fraction of sp³-hybridized carbons (Fsp3) is 0.889. The number of aliphatic hydroxyl groups is 1. The van der Waals surface area contributed by atoms with Crippen molar-refractivity contribution in [2.45, 2.75) is 131 Å². The maximum Gasteiger partial charge on any atom is 0.311 e. The van der Waals surface area contributed by atoms with Crippen molar-refractivity contribution in [3.8, 4) is 0 Å². The minimum Gasteiger partial charge on any atom is -0.462 e. The standard InChI is InChI=1S/C27H46O9/c1-25(2,3)22(29)32-15-17-19(35-23(30)26(4,5)6)20(36-24(31)27(7,8)9)18(28)21(34-17)33-16-13-11-10-12-14-16/h16-21,28H,10-15H2,1-9H3/t17-,18-,19-,20-,21+/m1/s1. The highest BCUT2D eigenvalue weighted by Crippen LogP contribution is 2.33. The first-order valence-electron chi connectivity index (χ1n) is 13.0. The minimum absolute atomic E-state index is 0.121. The third-order valence-corrected chi connectivity index (χ3v) is 6.20. The summed E-state index contributed by atoms with van der Waals surface area (Å²) in [6, 6.07) is 0. The number of hydrogen-bond donors (Lipinski definition) is 1. The van der Waals surface area contributed by atoms with Gasteiger partial charge in [0.15, 0.2) is 18.5 Å². The lowest BCUT2D eigenvalue weighted by Gasteiger charge is -2.45. The van der Waals surface area contributed by atoms with Crippen molar-refractivity contribution in [1.29, 1.82) is 0 Å². The average Bonchev–Trinajstić information content (AvgIpc) is 2.75. The zero-order chi connectivity index (χ0) is 27.5. The first-order chi connectivity index (χ1) is 16.4. The summed E-state index contributed by atoms with van der Waals surface area (Å²) in [7, 11) is 0. The van der Waals surface area contributed by atoms with Crippen LogP contribution in [0.25, 0.3) is 0 Å². The second-order valence-electron chi connectivity index (χ2n) is 13.0. The van der Waals surface area contributed by atoms with Crippen LogP contribution in [0, 0.1) is 16.2 Å². The zero-order valence-corrected chi connectivity index (χ0v) is 23.4. The number of carbonyl (C=O) groups is 3. The van der Waals surface area contributed by atoms with Gasteiger partial charge < -0.3 is 28.8 Å². The van der Waals surface area contributed by atoms with E-state index in [1.165, 1.54) is 0 Å². The molecule has 1 aliphatic carbocycles. The fourth-order valence-corrected chi connectivity index (χ4v) is 3.78. The van der Waals surface area contributed by atoms with Gasteiger partial charge >= 0.3 is 17.9 Å². The molecule has 0 aromatic rings. The molecule has 1 saturated heterocycles. The Balaban J connectivity index is 2.39. The maximum absolute atomic E-state index is 12.9. The van der Waals surface area contributed by atoms with E-state index in [0.717, 1.165) is 32.1 Å². The molecule has 2 rings (SSSR count). The van der Waals surface area contributed by atoms with E-state index in [-0.39, 0.29) is 12.7 Å². The van der Waals surface area contributed by atoms with Crippen molar-refractivity contribution in [3.05, 3.63) is 0 Å². The van der Waals surface area contributed by atoms with Crippen LogP contribution in [0.2, 0.25) is 0 Å². The Bertz CT molecular complexity index is 766. The van der Waals surface area contributed by atoms with Gasteiger partial charge in [-0.05, 0) is 75.2 Å². The second-order valence-corrected chi connectivity index (χ2v) is 13.0. The molecule has 9 nitrogen and oxygen atoms in total. The quantitative estimate of drug-likeness (QED) is 0.415. The van der Waals surface area contributed by atoms with E-state index in [0.29, 0.717) is 0 Å². The molecule has 208 valence electrons. The summed E-state index contributed by atoms with van der Waals surface area (Å²) in [6.07, 6.45) is -1.39. The van der Waals surface area contributed by atoms with E-state index in [9.17, 15) is 19.5 Å². The Hall–Kier alpha value is -1.71. The van der Waals surface area contributed by atoms with E-state index >= 15 is 0 Å². The molecule has 5 atom stereocenters. The van der Waals surface area contributed by atoms with Gasteiger partial charge in [-0.3, -0.25) is 14.4 Å². The van der Waals surface area contributed by atoms with Crippen LogP contribution in [-0.2, 0) is 38.1 Å². The van der Waals surface area contributed by atoms with E-state index in [1.807, 2.05) is 0 Å². The highest BCUT2D eigenvalue weighted by atomic mass is 16.7. The lowest BCUT2D eigenvalue weighted by Crippen LogP contribution is -2.63. The third-order valence-electron chi connectivity index (χ3n) is 6.20. The highest BCUT2D eigenvalue weighted by molar-refractivity contribution is 5.77. The molecule has 1 heterocycles. The van der Waals surface area contributed by atoms with Crippen molar-refractivity contribution in [2.24, 2.45) is 16.2 Å². The summed E-state index contributed by atoms with van der Waals surface area (Å²) in [5, 5.41) is 11.3. The molecule has 0 amide bonds. The molecule has 1 N–H and O–H groups in total. The fourth-order valence-electron chi connectivity index (χ4n) is 3.78. The molecule has 0 radical (unpaired) electrons. The second kappa shape index (κ2) is 11.8. The van der Waals surface area contributed by atoms with Crippen molar-refractivity contribution in [2.75, 3.05) is 6.61 Å². The Labute approximate surface area is 215 Å². The normalized spacial score (nSPS) is 28.3. The molecule has 36 heavy (non-hydrogen) atoms. The highest BCUT2D eigenvalue weighted by Gasteiger charge is 2.52. The number of carbonyl (C=O) groups excluding carboxylic acids is 3. The molecule has 0 bridgehead atoms. The van der Waals surface area contributed by atoms with Crippen LogP contribution >= 0.6 is 0 Å². The largest absolute Gasteiger partial charge is 0.462 e. The molecule has 2 aliphatic rings. The molecule has 9 heteroatoms. The smallest absolute Gasteiger partial charge is 0.311 e. The summed E-state index contributed by atoms with van der Waals surface area (Å²) < 4.78 is 29.2. The maximum atomic E-state index is 12.9. The summed E-state index contributed by atoms with van der Waals surface area (Å²) in [4.78, 5) is 38.2. The van der Waals surface area contributed by atoms with Crippen molar-refractivity contribution in [3.63, 3.8) is 0 Å². The Morgan fingerprint density at radius 3 is 1.69 bits per heavy atom. The van der Waals surface area contributed by atoms with Gasteiger partial charge in [0, 0.05) is 0 Å². The Kier molecular flexibility index (Phi) is 9.98. The van der Waals surface area contributed by atoms with Crippen LogP contribution in [0.3, 0.4) is 0 Å². The lowest BCUT2D eigenvalue weighted by molar-refractivity contribution is -0.318. The summed E-state index contributed by atoms with van der Waals surface area (Å²) in [5.41, 5.74) is -2.50. The van der Waals surface area contributed by atoms with Crippen molar-refractivity contribution >= 4 is 17.9 Å². The minimum atomic E-state index is -1.41. The van der Waals surface area contributed by atoms with Crippen LogP contribution in [0.5, 0.6) is 0 Å². The number of hydrogen-bond acceptors (Lipinski definition) is 9.